The van der Waals surface area contributed by atoms with Crippen molar-refractivity contribution in [1.82, 2.24) is 4.90 Å². The van der Waals surface area contributed by atoms with Crippen molar-refractivity contribution in [1.29, 1.82) is 0 Å². The van der Waals surface area contributed by atoms with Crippen LogP contribution in [0.1, 0.15) is 34.6 Å². The lowest BCUT2D eigenvalue weighted by molar-refractivity contribution is -0.138. The van der Waals surface area contributed by atoms with Crippen molar-refractivity contribution in [3.63, 3.8) is 0 Å². The lowest BCUT2D eigenvalue weighted by Gasteiger charge is -2.33. The average molecular weight is 442 g/mol. The summed E-state index contributed by atoms with van der Waals surface area (Å²) in [4.78, 5) is 2.34. The van der Waals surface area contributed by atoms with E-state index in [-0.39, 0.29) is 5.92 Å². The summed E-state index contributed by atoms with van der Waals surface area (Å²) in [6, 6.07) is 15.5. The van der Waals surface area contributed by atoms with Gasteiger partial charge < -0.3 is 4.90 Å². The number of alkyl halides is 3. The van der Waals surface area contributed by atoms with Gasteiger partial charge in [0.15, 0.2) is 0 Å². The molecule has 164 valence electrons. The highest BCUT2D eigenvalue weighted by atomic mass is 32.2. The van der Waals surface area contributed by atoms with Crippen LogP contribution >= 0.6 is 0 Å². The molecule has 3 atom stereocenters. The Morgan fingerprint density at radius 1 is 1.10 bits per heavy atom. The second kappa shape index (κ2) is 8.69. The maximum atomic E-state index is 13.4. The Morgan fingerprint density at radius 3 is 2.33 bits per heavy atom. The summed E-state index contributed by atoms with van der Waals surface area (Å²) in [6.45, 7) is 0.844. The SMILES string of the molecule is CN1CC2c3cccc(C(F)(F)F)c3CCC2C1Cc1ccccc1.CS(=O)(=O)O. The molecule has 4 rings (SSSR count). The molecule has 3 unspecified atom stereocenters. The first-order chi connectivity index (χ1) is 13.9. The molecule has 2 aliphatic rings. The van der Waals surface area contributed by atoms with E-state index in [0.29, 0.717) is 30.2 Å². The van der Waals surface area contributed by atoms with E-state index in [9.17, 15) is 21.6 Å². The Bertz CT molecular complexity index is 969. The summed E-state index contributed by atoms with van der Waals surface area (Å²) in [7, 11) is -1.56. The molecule has 1 N–H and O–H groups in total. The normalized spacial score (nSPS) is 23.9. The Hall–Kier alpha value is -1.90. The molecule has 0 saturated carbocycles. The lowest BCUT2D eigenvalue weighted by Crippen LogP contribution is -2.33. The van der Waals surface area contributed by atoms with E-state index in [4.69, 9.17) is 4.55 Å². The second-order valence-electron chi connectivity index (χ2n) is 8.11. The van der Waals surface area contributed by atoms with E-state index >= 15 is 0 Å². The summed E-state index contributed by atoms with van der Waals surface area (Å²) in [5, 5.41) is 0. The Labute approximate surface area is 175 Å². The van der Waals surface area contributed by atoms with Crippen LogP contribution in [0.4, 0.5) is 13.2 Å². The van der Waals surface area contributed by atoms with Crippen molar-refractivity contribution in [2.75, 3.05) is 19.8 Å². The number of rotatable bonds is 2. The van der Waals surface area contributed by atoms with Gasteiger partial charge in [0.2, 0.25) is 0 Å². The minimum absolute atomic E-state index is 0.213. The van der Waals surface area contributed by atoms with Crippen LogP contribution in [-0.2, 0) is 29.1 Å². The third-order valence-electron chi connectivity index (χ3n) is 5.99. The number of fused-ring (bicyclic) bond motifs is 3. The Kier molecular flexibility index (Phi) is 6.60. The Balaban J connectivity index is 0.000000461. The van der Waals surface area contributed by atoms with Crippen molar-refractivity contribution in [2.45, 2.75) is 37.4 Å². The van der Waals surface area contributed by atoms with Gasteiger partial charge in [-0.1, -0.05) is 42.5 Å². The van der Waals surface area contributed by atoms with Gasteiger partial charge in [-0.15, -0.1) is 0 Å². The average Bonchev–Trinajstić information content (AvgIpc) is 2.96. The molecule has 30 heavy (non-hydrogen) atoms. The zero-order chi connectivity index (χ0) is 22.1. The highest BCUT2D eigenvalue weighted by Gasteiger charge is 2.45. The van der Waals surface area contributed by atoms with Gasteiger partial charge in [0.1, 0.15) is 0 Å². The van der Waals surface area contributed by atoms with Crippen LogP contribution in [0.25, 0.3) is 0 Å². The first kappa shape index (κ1) is 22.8. The monoisotopic (exact) mass is 441 g/mol. The number of hydrogen-bond acceptors (Lipinski definition) is 3. The van der Waals surface area contributed by atoms with E-state index in [0.717, 1.165) is 24.9 Å². The van der Waals surface area contributed by atoms with E-state index in [2.05, 4.69) is 24.1 Å². The highest BCUT2D eigenvalue weighted by molar-refractivity contribution is 7.85. The lowest BCUT2D eigenvalue weighted by atomic mass is 9.72. The summed E-state index contributed by atoms with van der Waals surface area (Å²) in [5.41, 5.74) is 2.32. The molecule has 0 spiro atoms. The highest BCUT2D eigenvalue weighted by Crippen LogP contribution is 2.48. The van der Waals surface area contributed by atoms with Gasteiger partial charge in [-0.3, -0.25) is 4.55 Å². The molecular formula is C22H26F3NO3S. The van der Waals surface area contributed by atoms with Gasteiger partial charge in [-0.25, -0.2) is 0 Å². The predicted octanol–water partition coefficient (Wildman–Crippen LogP) is 4.41. The van der Waals surface area contributed by atoms with E-state index < -0.39 is 21.9 Å². The molecule has 1 aliphatic heterocycles. The van der Waals surface area contributed by atoms with Crippen LogP contribution < -0.4 is 0 Å². The third-order valence-corrected chi connectivity index (χ3v) is 5.99. The quantitative estimate of drug-likeness (QED) is 0.702. The van der Waals surface area contributed by atoms with E-state index in [1.54, 1.807) is 6.07 Å². The van der Waals surface area contributed by atoms with Crippen LogP contribution in [0.5, 0.6) is 0 Å². The van der Waals surface area contributed by atoms with Crippen LogP contribution in [0, 0.1) is 5.92 Å². The second-order valence-corrected chi connectivity index (χ2v) is 9.58. The summed E-state index contributed by atoms with van der Waals surface area (Å²) in [5.74, 6) is 0.644. The summed E-state index contributed by atoms with van der Waals surface area (Å²) in [6.07, 6.45) is -1.20. The topological polar surface area (TPSA) is 57.6 Å². The van der Waals surface area contributed by atoms with Crippen molar-refractivity contribution >= 4 is 10.1 Å². The van der Waals surface area contributed by atoms with Gasteiger partial charge >= 0.3 is 6.18 Å². The third kappa shape index (κ3) is 5.42. The van der Waals surface area contributed by atoms with E-state index in [1.807, 2.05) is 24.3 Å². The molecule has 1 fully saturated rings. The summed E-state index contributed by atoms with van der Waals surface area (Å²) >= 11 is 0. The molecule has 1 saturated heterocycles. The molecule has 2 aromatic carbocycles. The van der Waals surface area contributed by atoms with Gasteiger partial charge in [0.05, 0.1) is 11.8 Å². The maximum Gasteiger partial charge on any atom is 0.416 e. The number of likely N-dealkylation sites (N-methyl/N-ethyl adjacent to an activating group) is 1. The van der Waals surface area contributed by atoms with E-state index in [1.165, 1.54) is 11.6 Å². The first-order valence-electron chi connectivity index (χ1n) is 9.80. The fourth-order valence-corrected chi connectivity index (χ4v) is 4.87. The number of hydrogen-bond donors (Lipinski definition) is 1. The smallest absolute Gasteiger partial charge is 0.302 e. The minimum atomic E-state index is -4.26. The zero-order valence-corrected chi connectivity index (χ0v) is 17.7. The van der Waals surface area contributed by atoms with Crippen molar-refractivity contribution in [3.8, 4) is 0 Å². The van der Waals surface area contributed by atoms with Crippen molar-refractivity contribution in [3.05, 3.63) is 70.8 Å². The molecule has 0 aromatic heterocycles. The fourth-order valence-electron chi connectivity index (χ4n) is 4.87. The zero-order valence-electron chi connectivity index (χ0n) is 16.9. The van der Waals surface area contributed by atoms with Crippen LogP contribution in [0.15, 0.2) is 48.5 Å². The van der Waals surface area contributed by atoms with Gasteiger partial charge in [-0.2, -0.15) is 21.6 Å². The van der Waals surface area contributed by atoms with Crippen molar-refractivity contribution < 1.29 is 26.1 Å². The molecule has 1 heterocycles. The molecule has 1 aliphatic carbocycles. The molecule has 4 nitrogen and oxygen atoms in total. The maximum absolute atomic E-state index is 13.4. The number of benzene rings is 2. The van der Waals surface area contributed by atoms with Gasteiger partial charge in [0, 0.05) is 18.5 Å². The Morgan fingerprint density at radius 2 is 1.73 bits per heavy atom. The molecule has 0 radical (unpaired) electrons. The van der Waals surface area contributed by atoms with Crippen LogP contribution in [-0.4, -0.2) is 43.8 Å². The molecule has 8 heteroatoms. The van der Waals surface area contributed by atoms with Crippen molar-refractivity contribution in [2.24, 2.45) is 5.92 Å². The first-order valence-corrected chi connectivity index (χ1v) is 11.7. The van der Waals surface area contributed by atoms with Crippen LogP contribution in [0.2, 0.25) is 0 Å². The molecule has 2 aromatic rings. The largest absolute Gasteiger partial charge is 0.416 e. The predicted molar refractivity (Wildman–Crippen MR) is 110 cm³/mol. The van der Waals surface area contributed by atoms with Gasteiger partial charge in [-0.05, 0) is 55.0 Å². The molecule has 0 bridgehead atoms. The summed E-state index contributed by atoms with van der Waals surface area (Å²) < 4.78 is 65.9. The molecular weight excluding hydrogens is 415 g/mol. The van der Waals surface area contributed by atoms with Gasteiger partial charge in [0.25, 0.3) is 10.1 Å². The van der Waals surface area contributed by atoms with Crippen LogP contribution in [0.3, 0.4) is 0 Å². The number of likely N-dealkylation sites (tertiary alicyclic amines) is 1. The number of halogens is 3. The fraction of sp³-hybridized carbons (Fsp3) is 0.455. The molecule has 0 amide bonds. The number of nitrogens with zero attached hydrogens (tertiary/aromatic N) is 1. The minimum Gasteiger partial charge on any atom is -0.302 e. The standard InChI is InChI=1S/C21H22F3N.CH4O3S/c1-25-13-18-15-8-5-9-19(21(22,23)24)16(15)10-11-17(18)20(25)12-14-6-3-2-4-7-14;1-5(2,3)4/h2-9,17-18,20H,10-13H2,1H3;1H3,(H,2,3,4).